The van der Waals surface area contributed by atoms with Crippen molar-refractivity contribution in [3.05, 3.63) is 23.8 Å². The Morgan fingerprint density at radius 3 is 2.64 bits per heavy atom. The van der Waals surface area contributed by atoms with Gasteiger partial charge in [-0.15, -0.1) is 0 Å². The van der Waals surface area contributed by atoms with Crippen LogP contribution in [-0.4, -0.2) is 56.4 Å². The number of likely N-dealkylation sites (tertiary alicyclic amines) is 1. The molecule has 0 aliphatic carbocycles. The lowest BCUT2D eigenvalue weighted by Crippen LogP contribution is -2.42. The van der Waals surface area contributed by atoms with E-state index in [0.29, 0.717) is 62.8 Å². The van der Waals surface area contributed by atoms with Gasteiger partial charge < -0.3 is 14.8 Å². The molecule has 0 radical (unpaired) electrons. The summed E-state index contributed by atoms with van der Waals surface area (Å²) in [5, 5.41) is 2.87. The van der Waals surface area contributed by atoms with Crippen molar-refractivity contribution in [2.75, 3.05) is 39.4 Å². The SMILES string of the molecule is O=C(NCC1CCN(CC(F)(F)F)CC1)c1cccc2c1OCCO2. The summed E-state index contributed by atoms with van der Waals surface area (Å²) in [5.74, 6) is 0.941. The fourth-order valence-electron chi connectivity index (χ4n) is 3.19. The van der Waals surface area contributed by atoms with E-state index in [-0.39, 0.29) is 11.8 Å². The second-order valence-corrected chi connectivity index (χ2v) is 6.37. The van der Waals surface area contributed by atoms with Crippen molar-refractivity contribution in [3.8, 4) is 11.5 Å². The Hall–Kier alpha value is -1.96. The summed E-state index contributed by atoms with van der Waals surface area (Å²) in [4.78, 5) is 13.8. The Kier molecular flexibility index (Phi) is 5.36. The Morgan fingerprint density at radius 1 is 1.20 bits per heavy atom. The van der Waals surface area contributed by atoms with Crippen molar-refractivity contribution in [1.29, 1.82) is 0 Å². The third-order valence-corrected chi connectivity index (χ3v) is 4.47. The van der Waals surface area contributed by atoms with E-state index in [2.05, 4.69) is 5.32 Å². The molecule has 3 rings (SSSR count). The second kappa shape index (κ2) is 7.51. The minimum absolute atomic E-state index is 0.185. The van der Waals surface area contributed by atoms with Gasteiger partial charge in [0.15, 0.2) is 11.5 Å². The molecule has 2 aliphatic heterocycles. The number of hydrogen-bond acceptors (Lipinski definition) is 4. The Morgan fingerprint density at radius 2 is 1.92 bits per heavy atom. The first-order valence-electron chi connectivity index (χ1n) is 8.38. The van der Waals surface area contributed by atoms with Gasteiger partial charge in [0.05, 0.1) is 12.1 Å². The zero-order chi connectivity index (χ0) is 17.9. The minimum Gasteiger partial charge on any atom is -0.486 e. The van der Waals surface area contributed by atoms with Crippen LogP contribution in [0.1, 0.15) is 23.2 Å². The quantitative estimate of drug-likeness (QED) is 0.898. The molecular weight excluding hydrogens is 337 g/mol. The molecule has 138 valence electrons. The summed E-state index contributed by atoms with van der Waals surface area (Å²) in [7, 11) is 0. The summed E-state index contributed by atoms with van der Waals surface area (Å²) in [6, 6.07) is 5.16. The molecule has 8 heteroatoms. The number of nitrogens with one attached hydrogen (secondary N) is 1. The number of carbonyl (C=O) groups is 1. The van der Waals surface area contributed by atoms with Crippen molar-refractivity contribution in [1.82, 2.24) is 10.2 Å². The number of amides is 1. The molecule has 1 N–H and O–H groups in total. The highest BCUT2D eigenvalue weighted by Gasteiger charge is 2.32. The topological polar surface area (TPSA) is 50.8 Å². The highest BCUT2D eigenvalue weighted by molar-refractivity contribution is 5.97. The molecule has 1 aromatic carbocycles. The lowest BCUT2D eigenvalue weighted by molar-refractivity contribution is -0.148. The monoisotopic (exact) mass is 358 g/mol. The number of ether oxygens (including phenoxy) is 2. The lowest BCUT2D eigenvalue weighted by atomic mass is 9.96. The van der Waals surface area contributed by atoms with E-state index in [9.17, 15) is 18.0 Å². The molecule has 2 heterocycles. The van der Waals surface area contributed by atoms with Gasteiger partial charge in [-0.1, -0.05) is 6.07 Å². The molecule has 1 saturated heterocycles. The predicted octanol–water partition coefficient (Wildman–Crippen LogP) is 2.46. The molecule has 1 fully saturated rings. The molecule has 0 unspecified atom stereocenters. The molecule has 1 amide bonds. The summed E-state index contributed by atoms with van der Waals surface area (Å²) in [5.41, 5.74) is 0.423. The van der Waals surface area contributed by atoms with Gasteiger partial charge in [-0.25, -0.2) is 0 Å². The second-order valence-electron chi connectivity index (χ2n) is 6.37. The highest BCUT2D eigenvalue weighted by atomic mass is 19.4. The molecule has 2 aliphatic rings. The zero-order valence-electron chi connectivity index (χ0n) is 13.8. The Bertz CT molecular complexity index is 614. The van der Waals surface area contributed by atoms with Crippen LogP contribution in [0.15, 0.2) is 18.2 Å². The van der Waals surface area contributed by atoms with Crippen molar-refractivity contribution in [3.63, 3.8) is 0 Å². The summed E-state index contributed by atoms with van der Waals surface area (Å²) in [6.07, 6.45) is -2.87. The van der Waals surface area contributed by atoms with Crippen LogP contribution in [0, 0.1) is 5.92 Å². The number of halogens is 3. The molecule has 0 aromatic heterocycles. The Balaban J connectivity index is 1.49. The van der Waals surface area contributed by atoms with Crippen LogP contribution in [-0.2, 0) is 0 Å². The van der Waals surface area contributed by atoms with Gasteiger partial charge in [-0.3, -0.25) is 9.69 Å². The van der Waals surface area contributed by atoms with E-state index in [0.717, 1.165) is 0 Å². The maximum Gasteiger partial charge on any atom is 0.401 e. The van der Waals surface area contributed by atoms with E-state index in [1.807, 2.05) is 0 Å². The molecule has 5 nitrogen and oxygen atoms in total. The van der Waals surface area contributed by atoms with Crippen molar-refractivity contribution >= 4 is 5.91 Å². The van der Waals surface area contributed by atoms with Gasteiger partial charge in [0.2, 0.25) is 0 Å². The van der Waals surface area contributed by atoms with Crippen molar-refractivity contribution < 1.29 is 27.4 Å². The van der Waals surface area contributed by atoms with Crippen LogP contribution in [0.3, 0.4) is 0 Å². The van der Waals surface area contributed by atoms with Gasteiger partial charge in [-0.05, 0) is 44.0 Å². The maximum absolute atomic E-state index is 12.4. The number of nitrogens with zero attached hydrogens (tertiary/aromatic N) is 1. The summed E-state index contributed by atoms with van der Waals surface area (Å²) >= 11 is 0. The molecule has 1 aromatic rings. The van der Waals surface area contributed by atoms with Crippen LogP contribution >= 0.6 is 0 Å². The first-order chi connectivity index (χ1) is 11.9. The van der Waals surface area contributed by atoms with Gasteiger partial charge >= 0.3 is 6.18 Å². The van der Waals surface area contributed by atoms with E-state index >= 15 is 0 Å². The fourth-order valence-corrected chi connectivity index (χ4v) is 3.19. The van der Waals surface area contributed by atoms with E-state index in [4.69, 9.17) is 9.47 Å². The number of hydrogen-bond donors (Lipinski definition) is 1. The molecule has 0 saturated carbocycles. The third-order valence-electron chi connectivity index (χ3n) is 4.47. The lowest BCUT2D eigenvalue weighted by Gasteiger charge is -2.32. The molecule has 25 heavy (non-hydrogen) atoms. The Labute approximate surface area is 144 Å². The molecule has 0 spiro atoms. The van der Waals surface area contributed by atoms with Gasteiger partial charge in [0.1, 0.15) is 13.2 Å². The maximum atomic E-state index is 12.4. The molecule has 0 atom stereocenters. The number of rotatable bonds is 4. The van der Waals surface area contributed by atoms with Crippen LogP contribution in [0.2, 0.25) is 0 Å². The third kappa shape index (κ3) is 4.78. The average molecular weight is 358 g/mol. The average Bonchev–Trinajstić information content (AvgIpc) is 2.59. The van der Waals surface area contributed by atoms with E-state index in [1.165, 1.54) is 4.90 Å². The van der Waals surface area contributed by atoms with E-state index < -0.39 is 12.7 Å². The van der Waals surface area contributed by atoms with Gasteiger partial charge in [0, 0.05) is 6.54 Å². The summed E-state index contributed by atoms with van der Waals surface area (Å²) < 4.78 is 48.2. The zero-order valence-corrected chi connectivity index (χ0v) is 13.8. The predicted molar refractivity (Wildman–Crippen MR) is 85.0 cm³/mol. The van der Waals surface area contributed by atoms with E-state index in [1.54, 1.807) is 18.2 Å². The number of carbonyl (C=O) groups excluding carboxylic acids is 1. The smallest absolute Gasteiger partial charge is 0.401 e. The van der Waals surface area contributed by atoms with Crippen molar-refractivity contribution in [2.24, 2.45) is 5.92 Å². The first-order valence-corrected chi connectivity index (χ1v) is 8.38. The molecule has 0 bridgehead atoms. The number of piperidine rings is 1. The van der Waals surface area contributed by atoms with Gasteiger partial charge in [0.25, 0.3) is 5.91 Å². The number of para-hydroxylation sites is 1. The van der Waals surface area contributed by atoms with Crippen LogP contribution in [0.5, 0.6) is 11.5 Å². The van der Waals surface area contributed by atoms with Crippen LogP contribution < -0.4 is 14.8 Å². The largest absolute Gasteiger partial charge is 0.486 e. The normalized spacial score (nSPS) is 18.8. The first kappa shape index (κ1) is 17.8. The number of benzene rings is 1. The number of alkyl halides is 3. The van der Waals surface area contributed by atoms with Gasteiger partial charge in [-0.2, -0.15) is 13.2 Å². The van der Waals surface area contributed by atoms with Crippen LogP contribution in [0.4, 0.5) is 13.2 Å². The fraction of sp³-hybridized carbons (Fsp3) is 0.588. The molecular formula is C17H21F3N2O3. The van der Waals surface area contributed by atoms with Crippen LogP contribution in [0.25, 0.3) is 0 Å². The summed E-state index contributed by atoms with van der Waals surface area (Å²) in [6.45, 7) is 1.24. The highest BCUT2D eigenvalue weighted by Crippen LogP contribution is 2.33. The minimum atomic E-state index is -4.16. The number of fused-ring (bicyclic) bond motifs is 1. The van der Waals surface area contributed by atoms with Crippen molar-refractivity contribution in [2.45, 2.75) is 19.0 Å². The standard InChI is InChI=1S/C17H21F3N2O3/c18-17(19,20)11-22-6-4-12(5-7-22)10-21-16(23)13-2-1-3-14-15(13)25-9-8-24-14/h1-3,12H,4-11H2,(H,21,23).